The van der Waals surface area contributed by atoms with E-state index in [-0.39, 0.29) is 36.0 Å². The minimum absolute atomic E-state index is 0.0728. The first-order valence-electron chi connectivity index (χ1n) is 20.2. The van der Waals surface area contributed by atoms with E-state index in [9.17, 15) is 38.3 Å². The molecule has 5 N–H and O–H groups in total. The molecule has 60 heavy (non-hydrogen) atoms. The second-order valence-electron chi connectivity index (χ2n) is 17.5. The van der Waals surface area contributed by atoms with Crippen LogP contribution in [0.25, 0.3) is 0 Å². The zero-order chi connectivity index (χ0) is 45.3. The number of sulfonamides is 1. The topological polar surface area (TPSA) is 210 Å². The lowest BCUT2D eigenvalue weighted by Crippen LogP contribution is -2.51. The predicted molar refractivity (Wildman–Crippen MR) is 233 cm³/mol. The minimum atomic E-state index is -4.09. The molecule has 3 rings (SSSR count). The van der Waals surface area contributed by atoms with Gasteiger partial charge in [0.2, 0.25) is 10.0 Å². The maximum absolute atomic E-state index is 13.4. The van der Waals surface area contributed by atoms with Gasteiger partial charge in [0.1, 0.15) is 11.2 Å². The first-order chi connectivity index (χ1) is 27.9. The van der Waals surface area contributed by atoms with Crippen LogP contribution >= 0.6 is 0 Å². The fraction of sp³-hybridized carbons (Fsp3) is 0.545. The molecule has 2 amide bonds. The molecule has 0 heterocycles. The molecule has 4 atom stereocenters. The van der Waals surface area contributed by atoms with Gasteiger partial charge in [-0.1, -0.05) is 88.4 Å². The summed E-state index contributed by atoms with van der Waals surface area (Å²) < 4.78 is 38.6. The molecule has 0 bridgehead atoms. The van der Waals surface area contributed by atoms with Gasteiger partial charge in [-0.05, 0) is 96.0 Å². The number of rotatable bonds is 19. The highest BCUT2D eigenvalue weighted by Crippen LogP contribution is 2.22. The Bertz CT molecular complexity index is 1850. The monoisotopic (exact) mass is 857 g/mol. The number of alkyl carbamates (subject to hydrolysis) is 2. The van der Waals surface area contributed by atoms with Crippen molar-refractivity contribution in [3.8, 4) is 0 Å². The van der Waals surface area contributed by atoms with Gasteiger partial charge in [-0.2, -0.15) is 4.31 Å². The highest BCUT2D eigenvalue weighted by molar-refractivity contribution is 7.89. The molecule has 0 fully saturated rings. The van der Waals surface area contributed by atoms with Crippen molar-refractivity contribution in [2.24, 2.45) is 11.8 Å². The van der Waals surface area contributed by atoms with Crippen LogP contribution in [-0.4, -0.2) is 102 Å². The number of nitro groups is 1. The van der Waals surface area contributed by atoms with Gasteiger partial charge in [-0.25, -0.2) is 18.0 Å². The van der Waals surface area contributed by atoms with E-state index in [1.807, 2.05) is 95.3 Å². The van der Waals surface area contributed by atoms with Crippen molar-refractivity contribution in [2.45, 2.75) is 122 Å². The summed E-state index contributed by atoms with van der Waals surface area (Å²) >= 11 is 0. The van der Waals surface area contributed by atoms with Crippen molar-refractivity contribution in [3.05, 3.63) is 106 Å². The van der Waals surface area contributed by atoms with E-state index in [4.69, 9.17) is 9.47 Å². The Balaban J connectivity index is 0.000000449. The van der Waals surface area contributed by atoms with Crippen molar-refractivity contribution in [2.75, 3.05) is 26.2 Å². The maximum atomic E-state index is 13.4. The van der Waals surface area contributed by atoms with Gasteiger partial charge >= 0.3 is 12.2 Å². The van der Waals surface area contributed by atoms with Crippen LogP contribution < -0.4 is 16.0 Å². The first kappa shape index (κ1) is 51.5. The second-order valence-corrected chi connectivity index (χ2v) is 19.5. The van der Waals surface area contributed by atoms with Crippen LogP contribution in [0.3, 0.4) is 0 Å². The summed E-state index contributed by atoms with van der Waals surface area (Å²) in [5.74, 6) is 0.431. The van der Waals surface area contributed by atoms with Gasteiger partial charge in [0.15, 0.2) is 0 Å². The van der Waals surface area contributed by atoms with Crippen LogP contribution in [-0.2, 0) is 32.3 Å². The second kappa shape index (κ2) is 24.0. The SMILES string of the molecule is CC(C)CN(C[C@@H](O)[C@H](Cc1ccccc1)NC(=O)OC(C)(C)C)S(=O)(=O)c1ccc([N+](=O)[O-])cc1.CC(C)CNC[C@@H](O)[C@H](Cc1ccccc1)NC(=O)OC(C)(C)C. The summed E-state index contributed by atoms with van der Waals surface area (Å²) in [5, 5.41) is 41.3. The van der Waals surface area contributed by atoms with Gasteiger partial charge in [0.25, 0.3) is 5.69 Å². The van der Waals surface area contributed by atoms with E-state index in [1.54, 1.807) is 20.8 Å². The highest BCUT2D eigenvalue weighted by Gasteiger charge is 2.32. The number of ether oxygens (including phenoxy) is 2. The van der Waals surface area contributed by atoms with Crippen LogP contribution in [0.1, 0.15) is 80.4 Å². The quantitative estimate of drug-likeness (QED) is 0.0652. The van der Waals surface area contributed by atoms with Crippen LogP contribution in [0.15, 0.2) is 89.8 Å². The zero-order valence-corrected chi connectivity index (χ0v) is 37.6. The van der Waals surface area contributed by atoms with Gasteiger partial charge in [-0.3, -0.25) is 10.1 Å². The Morgan fingerprint density at radius 1 is 0.683 bits per heavy atom. The molecular weight excluding hydrogens is 791 g/mol. The number of carbonyl (C=O) groups excluding carboxylic acids is 2. The predicted octanol–water partition coefficient (Wildman–Crippen LogP) is 6.47. The van der Waals surface area contributed by atoms with Gasteiger partial charge in [0, 0.05) is 31.8 Å². The normalized spacial score (nSPS) is 14.1. The van der Waals surface area contributed by atoms with Crippen LogP contribution in [0.5, 0.6) is 0 Å². The summed E-state index contributed by atoms with van der Waals surface area (Å²) in [5.41, 5.74) is 0.346. The maximum Gasteiger partial charge on any atom is 0.407 e. The number of carbonyl (C=O) groups is 2. The Kier molecular flexibility index (Phi) is 20.6. The van der Waals surface area contributed by atoms with Crippen molar-refractivity contribution in [3.63, 3.8) is 0 Å². The van der Waals surface area contributed by atoms with Gasteiger partial charge < -0.3 is 35.6 Å². The van der Waals surface area contributed by atoms with Crippen LogP contribution in [0.4, 0.5) is 15.3 Å². The Morgan fingerprint density at radius 3 is 1.50 bits per heavy atom. The molecule has 16 heteroatoms. The number of amides is 2. The molecular formula is C44H67N5O10S. The van der Waals surface area contributed by atoms with Gasteiger partial charge in [0.05, 0.1) is 34.1 Å². The Labute approximate surface area is 356 Å². The number of nitrogens with one attached hydrogen (secondary N) is 3. The van der Waals surface area contributed by atoms with E-state index in [0.717, 1.165) is 34.1 Å². The molecule has 0 aliphatic rings. The fourth-order valence-electron chi connectivity index (χ4n) is 5.79. The third-order valence-corrected chi connectivity index (χ3v) is 10.3. The van der Waals surface area contributed by atoms with E-state index in [0.29, 0.717) is 18.9 Å². The number of nitrogens with zero attached hydrogens (tertiary/aromatic N) is 2. The molecule has 3 aromatic rings. The molecule has 334 valence electrons. The molecule has 0 saturated carbocycles. The number of benzene rings is 3. The van der Waals surface area contributed by atoms with E-state index < -0.39 is 62.6 Å². The zero-order valence-electron chi connectivity index (χ0n) is 36.8. The van der Waals surface area contributed by atoms with E-state index in [1.165, 1.54) is 12.1 Å². The third-order valence-electron chi connectivity index (χ3n) is 8.48. The lowest BCUT2D eigenvalue weighted by molar-refractivity contribution is -0.384. The summed E-state index contributed by atoms with van der Waals surface area (Å²) in [6.45, 7) is 19.6. The molecule has 0 aliphatic carbocycles. The van der Waals surface area contributed by atoms with E-state index in [2.05, 4.69) is 29.8 Å². The number of hydrogen-bond donors (Lipinski definition) is 5. The first-order valence-corrected chi connectivity index (χ1v) is 21.7. The summed E-state index contributed by atoms with van der Waals surface area (Å²) in [6.07, 6.45) is -2.41. The molecule has 0 unspecified atom stereocenters. The van der Waals surface area contributed by atoms with E-state index >= 15 is 0 Å². The summed E-state index contributed by atoms with van der Waals surface area (Å²) in [6, 6.07) is 22.3. The number of non-ortho nitro benzene ring substituents is 1. The van der Waals surface area contributed by atoms with Crippen LogP contribution in [0.2, 0.25) is 0 Å². The molecule has 0 aliphatic heterocycles. The molecule has 0 spiro atoms. The number of aliphatic hydroxyl groups is 2. The molecule has 15 nitrogen and oxygen atoms in total. The Morgan fingerprint density at radius 2 is 1.12 bits per heavy atom. The summed E-state index contributed by atoms with van der Waals surface area (Å²) in [4.78, 5) is 34.8. The third kappa shape index (κ3) is 20.1. The number of aliphatic hydroxyl groups excluding tert-OH is 2. The van der Waals surface area contributed by atoms with Crippen molar-refractivity contribution < 1.29 is 42.6 Å². The average Bonchev–Trinajstić information content (AvgIpc) is 3.13. The molecule has 0 aromatic heterocycles. The Hall–Kier alpha value is -4.61. The standard InChI is InChI=1S/C25H35N3O7S.C19H32N2O3/c1-18(2)16-27(36(33,34)21-13-11-20(12-14-21)28(31)32)17-23(29)22(15-19-9-7-6-8-10-19)26-24(30)35-25(3,4)5;1-14(2)12-20-13-17(22)16(11-15-9-7-6-8-10-15)21-18(23)24-19(3,4)5/h6-14,18,22-23,29H,15-17H2,1-5H3,(H,26,30);6-10,14,16-17,20,22H,11-13H2,1-5H3,(H,21,23)/t22-,23+;16-,17+/m00/s1. The highest BCUT2D eigenvalue weighted by atomic mass is 32.2. The van der Waals surface area contributed by atoms with Crippen molar-refractivity contribution in [1.82, 2.24) is 20.3 Å². The lowest BCUT2D eigenvalue weighted by Gasteiger charge is -2.31. The summed E-state index contributed by atoms with van der Waals surface area (Å²) in [7, 11) is -4.09. The molecule has 3 aromatic carbocycles. The fourth-order valence-corrected chi connectivity index (χ4v) is 7.41. The van der Waals surface area contributed by atoms with Crippen molar-refractivity contribution in [1.29, 1.82) is 0 Å². The average molecular weight is 858 g/mol. The number of nitro benzene ring substituents is 1. The lowest BCUT2D eigenvalue weighted by atomic mass is 10.0. The minimum Gasteiger partial charge on any atom is -0.444 e. The largest absolute Gasteiger partial charge is 0.444 e. The van der Waals surface area contributed by atoms with Gasteiger partial charge in [-0.15, -0.1) is 0 Å². The van der Waals surface area contributed by atoms with Crippen molar-refractivity contribution >= 4 is 27.9 Å². The smallest absolute Gasteiger partial charge is 0.407 e. The molecule has 0 saturated heterocycles. The van der Waals surface area contributed by atoms with Crippen LogP contribution in [0, 0.1) is 22.0 Å². The molecule has 0 radical (unpaired) electrons. The number of hydrogen-bond acceptors (Lipinski definition) is 11.